The molecular formula is C16H24N2O2S. The maximum absolute atomic E-state index is 12.2. The highest BCUT2D eigenvalue weighted by atomic mass is 32.2. The zero-order valence-electron chi connectivity index (χ0n) is 12.7. The quantitative estimate of drug-likeness (QED) is 0.842. The Hall–Kier alpha value is -1.04. The van der Waals surface area contributed by atoms with Crippen LogP contribution in [-0.2, 0) is 4.79 Å². The van der Waals surface area contributed by atoms with E-state index in [0.717, 1.165) is 23.6 Å². The van der Waals surface area contributed by atoms with Crippen molar-refractivity contribution in [3.05, 3.63) is 30.3 Å². The van der Waals surface area contributed by atoms with Gasteiger partial charge in [-0.1, -0.05) is 18.2 Å². The Kier molecular flexibility index (Phi) is 5.67. The van der Waals surface area contributed by atoms with E-state index in [2.05, 4.69) is 5.32 Å². The normalized spacial score (nSPS) is 23.0. The van der Waals surface area contributed by atoms with Gasteiger partial charge < -0.3 is 15.3 Å². The fraction of sp³-hybridized carbons (Fsp3) is 0.562. The first-order valence-corrected chi connectivity index (χ1v) is 8.51. The van der Waals surface area contributed by atoms with Crippen molar-refractivity contribution in [2.24, 2.45) is 0 Å². The van der Waals surface area contributed by atoms with Gasteiger partial charge in [0.2, 0.25) is 5.91 Å². The number of nitrogens with zero attached hydrogens (tertiary/aromatic N) is 1. The minimum absolute atomic E-state index is 0.0540. The average Bonchev–Trinajstić information content (AvgIpc) is 2.92. The summed E-state index contributed by atoms with van der Waals surface area (Å²) >= 11 is 1.78. The van der Waals surface area contributed by atoms with Crippen molar-refractivity contribution in [2.45, 2.75) is 31.4 Å². The van der Waals surface area contributed by atoms with Gasteiger partial charge in [0.1, 0.15) is 0 Å². The number of amides is 1. The SMILES string of the molecule is CC(CC(=O)N(C)c1ccccc1)NCC1(O)CCSC1. The van der Waals surface area contributed by atoms with E-state index in [0.29, 0.717) is 13.0 Å². The number of hydrogen-bond donors (Lipinski definition) is 2. The molecule has 1 aromatic carbocycles. The van der Waals surface area contributed by atoms with Gasteiger partial charge in [0, 0.05) is 37.5 Å². The Morgan fingerprint density at radius 2 is 2.19 bits per heavy atom. The minimum Gasteiger partial charge on any atom is -0.388 e. The summed E-state index contributed by atoms with van der Waals surface area (Å²) in [5, 5.41) is 13.6. The van der Waals surface area contributed by atoms with E-state index in [1.54, 1.807) is 23.7 Å². The topological polar surface area (TPSA) is 52.6 Å². The van der Waals surface area contributed by atoms with Crippen molar-refractivity contribution in [3.63, 3.8) is 0 Å². The number of benzene rings is 1. The molecule has 5 heteroatoms. The molecule has 2 atom stereocenters. The molecule has 1 aliphatic rings. The summed E-state index contributed by atoms with van der Waals surface area (Å²) in [4.78, 5) is 13.9. The molecule has 0 bridgehead atoms. The summed E-state index contributed by atoms with van der Waals surface area (Å²) in [6, 6.07) is 9.69. The van der Waals surface area contributed by atoms with Crippen molar-refractivity contribution in [2.75, 3.05) is 30.0 Å². The van der Waals surface area contributed by atoms with Crippen molar-refractivity contribution < 1.29 is 9.90 Å². The molecule has 1 amide bonds. The van der Waals surface area contributed by atoms with Crippen LogP contribution >= 0.6 is 11.8 Å². The molecule has 1 saturated heterocycles. The monoisotopic (exact) mass is 308 g/mol. The molecule has 0 saturated carbocycles. The second kappa shape index (κ2) is 7.29. The summed E-state index contributed by atoms with van der Waals surface area (Å²) in [5.41, 5.74) is 0.299. The Labute approximate surface area is 130 Å². The summed E-state index contributed by atoms with van der Waals surface area (Å²) < 4.78 is 0. The molecule has 1 aromatic rings. The van der Waals surface area contributed by atoms with Gasteiger partial charge in [0.15, 0.2) is 0 Å². The van der Waals surface area contributed by atoms with Crippen LogP contribution in [0.15, 0.2) is 30.3 Å². The van der Waals surface area contributed by atoms with E-state index >= 15 is 0 Å². The maximum atomic E-state index is 12.2. The predicted octanol–water partition coefficient (Wildman–Crippen LogP) is 1.89. The number of hydrogen-bond acceptors (Lipinski definition) is 4. The van der Waals surface area contributed by atoms with E-state index < -0.39 is 5.60 Å². The van der Waals surface area contributed by atoms with Crippen molar-refractivity contribution in [1.29, 1.82) is 0 Å². The van der Waals surface area contributed by atoms with Crippen LogP contribution in [0.25, 0.3) is 0 Å². The first kappa shape index (κ1) is 16.3. The lowest BCUT2D eigenvalue weighted by atomic mass is 10.0. The number of aliphatic hydroxyl groups is 1. The zero-order valence-corrected chi connectivity index (χ0v) is 13.5. The van der Waals surface area contributed by atoms with Gasteiger partial charge in [0.05, 0.1) is 5.60 Å². The molecule has 0 aromatic heterocycles. The van der Waals surface area contributed by atoms with Gasteiger partial charge in [-0.05, 0) is 31.2 Å². The molecule has 2 rings (SSSR count). The zero-order chi connectivity index (χ0) is 15.3. The second-order valence-corrected chi connectivity index (χ2v) is 6.91. The Bertz CT molecular complexity index is 461. The third-order valence-electron chi connectivity index (χ3n) is 3.86. The van der Waals surface area contributed by atoms with Crippen LogP contribution in [0.5, 0.6) is 0 Å². The molecule has 2 unspecified atom stereocenters. The molecule has 1 aliphatic heterocycles. The van der Waals surface area contributed by atoms with Crippen LogP contribution in [0.2, 0.25) is 0 Å². The largest absolute Gasteiger partial charge is 0.388 e. The van der Waals surface area contributed by atoms with E-state index in [-0.39, 0.29) is 11.9 Å². The van der Waals surface area contributed by atoms with Gasteiger partial charge in [-0.2, -0.15) is 11.8 Å². The predicted molar refractivity (Wildman–Crippen MR) is 88.8 cm³/mol. The Morgan fingerprint density at radius 1 is 1.48 bits per heavy atom. The van der Waals surface area contributed by atoms with Crippen molar-refractivity contribution in [1.82, 2.24) is 5.32 Å². The lowest BCUT2D eigenvalue weighted by molar-refractivity contribution is -0.118. The molecular weight excluding hydrogens is 284 g/mol. The van der Waals surface area contributed by atoms with Crippen molar-refractivity contribution >= 4 is 23.4 Å². The first-order chi connectivity index (χ1) is 10.0. The molecule has 2 N–H and O–H groups in total. The standard InChI is InChI=1S/C16H24N2O2S/c1-13(17-11-16(20)8-9-21-12-16)10-15(19)18(2)14-6-4-3-5-7-14/h3-7,13,17,20H,8-12H2,1-2H3. The number of rotatable bonds is 6. The highest BCUT2D eigenvalue weighted by Gasteiger charge is 2.31. The lowest BCUT2D eigenvalue weighted by Gasteiger charge is -2.25. The summed E-state index contributed by atoms with van der Waals surface area (Å²) in [6.45, 7) is 2.55. The Balaban J connectivity index is 1.79. The molecule has 1 heterocycles. The molecule has 0 spiro atoms. The van der Waals surface area contributed by atoms with Crippen LogP contribution in [0.1, 0.15) is 19.8 Å². The van der Waals surface area contributed by atoms with E-state index in [9.17, 15) is 9.90 Å². The highest BCUT2D eigenvalue weighted by molar-refractivity contribution is 7.99. The highest BCUT2D eigenvalue weighted by Crippen LogP contribution is 2.27. The Morgan fingerprint density at radius 3 is 2.81 bits per heavy atom. The summed E-state index contributed by atoms with van der Waals surface area (Å²) in [7, 11) is 1.80. The fourth-order valence-electron chi connectivity index (χ4n) is 2.37. The summed E-state index contributed by atoms with van der Waals surface area (Å²) in [6.07, 6.45) is 1.25. The van der Waals surface area contributed by atoms with E-state index in [1.807, 2.05) is 37.3 Å². The maximum Gasteiger partial charge on any atom is 0.228 e. The third-order valence-corrected chi connectivity index (χ3v) is 5.09. The van der Waals surface area contributed by atoms with E-state index in [4.69, 9.17) is 0 Å². The molecule has 21 heavy (non-hydrogen) atoms. The number of carbonyl (C=O) groups excluding carboxylic acids is 1. The fourth-order valence-corrected chi connectivity index (χ4v) is 3.66. The van der Waals surface area contributed by atoms with Crippen molar-refractivity contribution in [3.8, 4) is 0 Å². The number of anilines is 1. The van der Waals surface area contributed by atoms with Crippen LogP contribution < -0.4 is 10.2 Å². The van der Waals surface area contributed by atoms with Gasteiger partial charge in [-0.3, -0.25) is 4.79 Å². The van der Waals surface area contributed by atoms with Crippen LogP contribution in [0, 0.1) is 0 Å². The van der Waals surface area contributed by atoms with Gasteiger partial charge in [-0.15, -0.1) is 0 Å². The number of thioether (sulfide) groups is 1. The van der Waals surface area contributed by atoms with Crippen LogP contribution in [0.4, 0.5) is 5.69 Å². The molecule has 0 radical (unpaired) electrons. The van der Waals surface area contributed by atoms with Crippen LogP contribution in [-0.4, -0.2) is 47.8 Å². The lowest BCUT2D eigenvalue weighted by Crippen LogP contribution is -2.45. The molecule has 4 nitrogen and oxygen atoms in total. The second-order valence-electron chi connectivity index (χ2n) is 5.80. The number of carbonyl (C=O) groups is 1. The molecule has 0 aliphatic carbocycles. The van der Waals surface area contributed by atoms with Crippen LogP contribution in [0.3, 0.4) is 0 Å². The number of para-hydroxylation sites is 1. The minimum atomic E-state index is -0.604. The van der Waals surface area contributed by atoms with Gasteiger partial charge >= 0.3 is 0 Å². The smallest absolute Gasteiger partial charge is 0.228 e. The summed E-state index contributed by atoms with van der Waals surface area (Å²) in [5.74, 6) is 1.88. The average molecular weight is 308 g/mol. The molecule has 1 fully saturated rings. The van der Waals surface area contributed by atoms with E-state index in [1.165, 1.54) is 0 Å². The van der Waals surface area contributed by atoms with Gasteiger partial charge in [-0.25, -0.2) is 0 Å². The number of nitrogens with one attached hydrogen (secondary N) is 1. The first-order valence-electron chi connectivity index (χ1n) is 7.35. The third kappa shape index (κ3) is 4.73. The molecule has 116 valence electrons. The van der Waals surface area contributed by atoms with Gasteiger partial charge in [0.25, 0.3) is 0 Å².